The van der Waals surface area contributed by atoms with Crippen LogP contribution in [0.25, 0.3) is 0 Å². The van der Waals surface area contributed by atoms with Crippen LogP contribution in [0.5, 0.6) is 0 Å². The molecule has 27 heavy (non-hydrogen) atoms. The van der Waals surface area contributed by atoms with Crippen molar-refractivity contribution in [2.24, 2.45) is 0 Å². The molecule has 2 heterocycles. The Bertz CT molecular complexity index is 513. The van der Waals surface area contributed by atoms with E-state index in [1.807, 2.05) is 27.7 Å². The minimum atomic E-state index is -4.19. The Hall–Kier alpha value is 0.470. The van der Waals surface area contributed by atoms with Gasteiger partial charge in [0, 0.05) is 17.3 Å². The zero-order valence-corrected chi connectivity index (χ0v) is 18.0. The van der Waals surface area contributed by atoms with Crippen LogP contribution >= 0.6 is 18.2 Å². The SMILES string of the molecule is [B][C@H]1C[C@@H](OC(C)C)[C@@H](COP(=O)([O-])S[C@@H]2C[C@H]([B])O[C@@H]2COC(C)C)O1. The van der Waals surface area contributed by atoms with Crippen molar-refractivity contribution in [2.75, 3.05) is 13.2 Å². The molecule has 0 N–H and O–H groups in total. The molecule has 0 bridgehead atoms. The summed E-state index contributed by atoms with van der Waals surface area (Å²) in [6, 6.07) is -0.997. The summed E-state index contributed by atoms with van der Waals surface area (Å²) in [7, 11) is 11.6. The van der Waals surface area contributed by atoms with Crippen molar-refractivity contribution in [3.05, 3.63) is 0 Å². The van der Waals surface area contributed by atoms with Gasteiger partial charge in [-0.15, -0.1) is 0 Å². The van der Waals surface area contributed by atoms with E-state index in [4.69, 9.17) is 39.2 Å². The van der Waals surface area contributed by atoms with Crippen LogP contribution in [0, 0.1) is 0 Å². The van der Waals surface area contributed by atoms with Gasteiger partial charge in [-0.25, -0.2) is 0 Å². The van der Waals surface area contributed by atoms with Crippen LogP contribution in [0.2, 0.25) is 0 Å². The molecule has 0 aromatic carbocycles. The third kappa shape index (κ3) is 8.01. The summed E-state index contributed by atoms with van der Waals surface area (Å²) in [5.41, 5.74) is 0. The second kappa shape index (κ2) is 10.5. The molecule has 0 saturated carbocycles. The zero-order chi connectivity index (χ0) is 20.2. The highest BCUT2D eigenvalue weighted by atomic mass is 32.7. The summed E-state index contributed by atoms with van der Waals surface area (Å²) in [6.45, 7) is 3.58. The lowest BCUT2D eigenvalue weighted by Crippen LogP contribution is -2.31. The van der Waals surface area contributed by atoms with E-state index in [1.165, 1.54) is 0 Å². The molecule has 0 aromatic rings. The first-order valence-electron chi connectivity index (χ1n) is 9.29. The third-order valence-corrected chi connectivity index (χ3v) is 7.55. The smallest absolute Gasteiger partial charge is 0.192 e. The van der Waals surface area contributed by atoms with Crippen LogP contribution in [0.15, 0.2) is 0 Å². The lowest BCUT2D eigenvalue weighted by Gasteiger charge is -2.29. The molecule has 2 saturated heterocycles. The highest BCUT2D eigenvalue weighted by Crippen LogP contribution is 2.57. The van der Waals surface area contributed by atoms with E-state index in [1.54, 1.807) is 0 Å². The quantitative estimate of drug-likeness (QED) is 0.389. The van der Waals surface area contributed by atoms with Gasteiger partial charge in [0.25, 0.3) is 0 Å². The van der Waals surface area contributed by atoms with Crippen molar-refractivity contribution in [2.45, 2.75) is 88.3 Å². The Labute approximate surface area is 168 Å². The lowest BCUT2D eigenvalue weighted by atomic mass is 9.96. The van der Waals surface area contributed by atoms with Crippen LogP contribution in [0.4, 0.5) is 0 Å². The summed E-state index contributed by atoms with van der Waals surface area (Å²) < 4.78 is 40.1. The second-order valence-corrected chi connectivity index (χ2v) is 11.3. The van der Waals surface area contributed by atoms with Gasteiger partial charge in [0.2, 0.25) is 0 Å². The number of ether oxygens (including phenoxy) is 4. The molecule has 2 aliphatic heterocycles. The molecular formula is C16H28B2O7PS-. The van der Waals surface area contributed by atoms with E-state index in [2.05, 4.69) is 0 Å². The maximum absolute atomic E-state index is 12.4. The van der Waals surface area contributed by atoms with Crippen molar-refractivity contribution < 1.29 is 32.9 Å². The fourth-order valence-corrected chi connectivity index (χ4v) is 6.34. The number of rotatable bonds is 10. The standard InChI is InChI=1S/C16H29B2O7PS/c1-9(2)21-7-13-14(6-16(18)25-13)27-26(19,20)22-8-12-11(23-10(3)4)5-15(17)24-12/h9-16H,5-8H2,1-4H3,(H,19,20)/p-1/t11-,12-,13-,14-,15-,16-/m1/s1. The first-order valence-corrected chi connectivity index (χ1v) is 12.3. The van der Waals surface area contributed by atoms with E-state index in [9.17, 15) is 9.46 Å². The fourth-order valence-electron chi connectivity index (χ4n) is 3.04. The Morgan fingerprint density at radius 3 is 2.33 bits per heavy atom. The minimum absolute atomic E-state index is 0.0151. The van der Waals surface area contributed by atoms with Gasteiger partial charge in [0.15, 0.2) is 6.80 Å². The van der Waals surface area contributed by atoms with Gasteiger partial charge >= 0.3 is 0 Å². The minimum Gasteiger partial charge on any atom is -0.770 e. The summed E-state index contributed by atoms with van der Waals surface area (Å²) in [6.07, 6.45) is -0.287. The fraction of sp³-hybridized carbons (Fsp3) is 1.00. The Balaban J connectivity index is 1.87. The first kappa shape index (κ1) is 23.7. The Morgan fingerprint density at radius 2 is 1.70 bits per heavy atom. The maximum Gasteiger partial charge on any atom is 0.192 e. The molecule has 2 aliphatic rings. The topological polar surface area (TPSA) is 86.3 Å². The van der Waals surface area contributed by atoms with Crippen molar-refractivity contribution in [3.8, 4) is 0 Å². The van der Waals surface area contributed by atoms with Crippen LogP contribution in [-0.2, 0) is 28.0 Å². The normalized spacial score (nSPS) is 36.6. The highest BCUT2D eigenvalue weighted by molar-refractivity contribution is 8.54. The van der Waals surface area contributed by atoms with Crippen LogP contribution < -0.4 is 4.89 Å². The summed E-state index contributed by atoms with van der Waals surface area (Å²) in [5.74, 6) is 0. The van der Waals surface area contributed by atoms with E-state index in [0.717, 1.165) is 11.4 Å². The van der Waals surface area contributed by atoms with Gasteiger partial charge in [-0.3, -0.25) is 4.57 Å². The van der Waals surface area contributed by atoms with Gasteiger partial charge < -0.3 is 28.4 Å². The largest absolute Gasteiger partial charge is 0.770 e. The molecule has 4 radical (unpaired) electrons. The van der Waals surface area contributed by atoms with Gasteiger partial charge in [-0.1, -0.05) is 11.4 Å². The van der Waals surface area contributed by atoms with Crippen LogP contribution in [-0.4, -0.2) is 76.7 Å². The summed E-state index contributed by atoms with van der Waals surface area (Å²) in [5, 5.41) is -0.350. The predicted octanol–water partition coefficient (Wildman–Crippen LogP) is 1.36. The molecule has 2 rings (SSSR count). The molecule has 7 nitrogen and oxygen atoms in total. The molecule has 11 heteroatoms. The highest BCUT2D eigenvalue weighted by Gasteiger charge is 2.38. The molecule has 0 amide bonds. The van der Waals surface area contributed by atoms with Crippen LogP contribution in [0.3, 0.4) is 0 Å². The van der Waals surface area contributed by atoms with Crippen molar-refractivity contribution in [1.82, 2.24) is 0 Å². The molecular weight excluding hydrogens is 389 g/mol. The first-order chi connectivity index (χ1) is 12.6. The molecule has 152 valence electrons. The van der Waals surface area contributed by atoms with Crippen molar-refractivity contribution in [1.29, 1.82) is 0 Å². The number of hydrogen-bond donors (Lipinski definition) is 0. The lowest BCUT2D eigenvalue weighted by molar-refractivity contribution is -0.193. The average molecular weight is 417 g/mol. The van der Waals surface area contributed by atoms with Crippen LogP contribution in [0.1, 0.15) is 40.5 Å². The zero-order valence-electron chi connectivity index (χ0n) is 16.3. The molecule has 7 atom stereocenters. The average Bonchev–Trinajstić information content (AvgIpc) is 3.04. The maximum atomic E-state index is 12.4. The van der Waals surface area contributed by atoms with Crippen molar-refractivity contribution >= 4 is 33.9 Å². The molecule has 0 aliphatic carbocycles. The van der Waals surface area contributed by atoms with E-state index < -0.39 is 31.0 Å². The monoisotopic (exact) mass is 417 g/mol. The molecule has 2 fully saturated rings. The Morgan fingerprint density at radius 1 is 1.07 bits per heavy atom. The van der Waals surface area contributed by atoms with E-state index >= 15 is 0 Å². The second-order valence-electron chi connectivity index (χ2n) is 7.39. The predicted molar refractivity (Wildman–Crippen MR) is 104 cm³/mol. The van der Waals surface area contributed by atoms with E-state index in [-0.39, 0.29) is 36.8 Å². The third-order valence-electron chi connectivity index (χ3n) is 4.16. The van der Waals surface area contributed by atoms with Gasteiger partial charge in [0.05, 0.1) is 37.6 Å². The van der Waals surface area contributed by atoms with Gasteiger partial charge in [-0.2, -0.15) is 0 Å². The number of hydrogen-bond acceptors (Lipinski definition) is 8. The van der Waals surface area contributed by atoms with Gasteiger partial charge in [0.1, 0.15) is 21.8 Å². The van der Waals surface area contributed by atoms with Gasteiger partial charge in [-0.05, 0) is 40.5 Å². The summed E-state index contributed by atoms with van der Waals surface area (Å²) >= 11 is 0.737. The van der Waals surface area contributed by atoms with E-state index in [0.29, 0.717) is 12.8 Å². The van der Waals surface area contributed by atoms with Crippen molar-refractivity contribution in [3.63, 3.8) is 0 Å². The Kier molecular flexibility index (Phi) is 9.22. The molecule has 1 unspecified atom stereocenters. The summed E-state index contributed by atoms with van der Waals surface area (Å²) in [4.78, 5) is 12.4. The molecule has 0 spiro atoms. The molecule has 0 aromatic heterocycles.